The van der Waals surface area contributed by atoms with Gasteiger partial charge in [-0.05, 0) is 19.5 Å². The Kier molecular flexibility index (Phi) is 8.99. The second-order valence-corrected chi connectivity index (χ2v) is 4.74. The molecule has 0 radical (unpaired) electrons. The Labute approximate surface area is 110 Å². The van der Waals surface area contributed by atoms with Gasteiger partial charge in [-0.25, -0.2) is 0 Å². The predicted octanol–water partition coefficient (Wildman–Crippen LogP) is 1.24. The Morgan fingerprint density at radius 3 is 2.29 bits per heavy atom. The number of nitrogens with two attached hydrogens (primary N) is 1. The van der Waals surface area contributed by atoms with Crippen molar-refractivity contribution in [3.05, 3.63) is 0 Å². The highest BCUT2D eigenvalue weighted by Gasteiger charge is 2.10. The standard InChI is InChI=1S/C12H25N3OS/c1-4-8-15(5-2)10-7-12(16)14(3)9-6-11(13)17/h4-10H2,1-3H3,(H2,13,17). The third kappa shape index (κ3) is 8.10. The van der Waals surface area contributed by atoms with E-state index in [4.69, 9.17) is 18.0 Å². The fourth-order valence-corrected chi connectivity index (χ4v) is 1.68. The lowest BCUT2D eigenvalue weighted by Crippen LogP contribution is -2.34. The third-order valence-electron chi connectivity index (χ3n) is 2.75. The van der Waals surface area contributed by atoms with Crippen LogP contribution in [0.3, 0.4) is 0 Å². The van der Waals surface area contributed by atoms with Crippen molar-refractivity contribution in [2.24, 2.45) is 5.73 Å². The van der Waals surface area contributed by atoms with Crippen LogP contribution >= 0.6 is 12.2 Å². The lowest BCUT2D eigenvalue weighted by atomic mass is 10.3. The van der Waals surface area contributed by atoms with Crippen molar-refractivity contribution in [3.63, 3.8) is 0 Å². The van der Waals surface area contributed by atoms with E-state index in [2.05, 4.69) is 18.7 Å². The van der Waals surface area contributed by atoms with Gasteiger partial charge in [0.25, 0.3) is 0 Å². The number of hydrogen-bond donors (Lipinski definition) is 1. The number of carbonyl (C=O) groups excluding carboxylic acids is 1. The van der Waals surface area contributed by atoms with Crippen LogP contribution in [0.5, 0.6) is 0 Å². The second-order valence-electron chi connectivity index (χ2n) is 4.22. The Morgan fingerprint density at radius 1 is 1.18 bits per heavy atom. The molecule has 1 amide bonds. The summed E-state index contributed by atoms with van der Waals surface area (Å²) in [4.78, 5) is 16.3. The number of amides is 1. The number of rotatable bonds is 9. The van der Waals surface area contributed by atoms with Gasteiger partial charge in [-0.15, -0.1) is 0 Å². The molecule has 17 heavy (non-hydrogen) atoms. The summed E-state index contributed by atoms with van der Waals surface area (Å²) >= 11 is 4.79. The first-order chi connectivity index (χ1) is 8.01. The van der Waals surface area contributed by atoms with Crippen LogP contribution in [0.25, 0.3) is 0 Å². The maximum atomic E-state index is 11.8. The molecule has 0 heterocycles. The van der Waals surface area contributed by atoms with Crippen LogP contribution < -0.4 is 5.73 Å². The maximum Gasteiger partial charge on any atom is 0.223 e. The van der Waals surface area contributed by atoms with Gasteiger partial charge in [0.05, 0.1) is 4.99 Å². The molecule has 0 saturated heterocycles. The topological polar surface area (TPSA) is 49.6 Å². The van der Waals surface area contributed by atoms with E-state index in [9.17, 15) is 4.79 Å². The normalized spacial score (nSPS) is 10.6. The number of hydrogen-bond acceptors (Lipinski definition) is 3. The molecule has 0 bridgehead atoms. The zero-order valence-corrected chi connectivity index (χ0v) is 12.1. The van der Waals surface area contributed by atoms with Crippen molar-refractivity contribution >= 4 is 23.1 Å². The molecular formula is C12H25N3OS. The summed E-state index contributed by atoms with van der Waals surface area (Å²) < 4.78 is 0. The highest BCUT2D eigenvalue weighted by molar-refractivity contribution is 7.80. The molecule has 0 rings (SSSR count). The first kappa shape index (κ1) is 16.3. The van der Waals surface area contributed by atoms with E-state index in [1.807, 2.05) is 0 Å². The zero-order valence-electron chi connectivity index (χ0n) is 11.2. The molecule has 0 aliphatic carbocycles. The van der Waals surface area contributed by atoms with Gasteiger partial charge in [0, 0.05) is 33.0 Å². The minimum absolute atomic E-state index is 0.163. The first-order valence-electron chi connectivity index (χ1n) is 6.25. The fourth-order valence-electron chi connectivity index (χ4n) is 1.59. The van der Waals surface area contributed by atoms with E-state index in [0.717, 1.165) is 26.1 Å². The van der Waals surface area contributed by atoms with Crippen LogP contribution in [0.1, 0.15) is 33.1 Å². The number of nitrogens with zero attached hydrogens (tertiary/aromatic N) is 2. The zero-order chi connectivity index (χ0) is 13.3. The van der Waals surface area contributed by atoms with Crippen LogP contribution in [0.4, 0.5) is 0 Å². The van der Waals surface area contributed by atoms with E-state index in [1.54, 1.807) is 11.9 Å². The third-order valence-corrected chi connectivity index (χ3v) is 2.95. The van der Waals surface area contributed by atoms with Gasteiger partial charge < -0.3 is 15.5 Å². The Bertz CT molecular complexity index is 246. The molecular weight excluding hydrogens is 234 g/mol. The minimum atomic E-state index is 0.163. The van der Waals surface area contributed by atoms with E-state index in [1.165, 1.54) is 0 Å². The van der Waals surface area contributed by atoms with E-state index in [-0.39, 0.29) is 5.91 Å². The molecule has 0 aliphatic heterocycles. The van der Waals surface area contributed by atoms with Crippen molar-refractivity contribution in [3.8, 4) is 0 Å². The summed E-state index contributed by atoms with van der Waals surface area (Å²) in [6, 6.07) is 0. The molecule has 0 aliphatic rings. The Balaban J connectivity index is 3.86. The smallest absolute Gasteiger partial charge is 0.223 e. The molecule has 0 aromatic rings. The van der Waals surface area contributed by atoms with Gasteiger partial charge >= 0.3 is 0 Å². The SMILES string of the molecule is CCCN(CC)CCC(=O)N(C)CCC(N)=S. The fraction of sp³-hybridized carbons (Fsp3) is 0.833. The van der Waals surface area contributed by atoms with E-state index >= 15 is 0 Å². The van der Waals surface area contributed by atoms with Crippen LogP contribution in [0.15, 0.2) is 0 Å². The molecule has 4 nitrogen and oxygen atoms in total. The van der Waals surface area contributed by atoms with E-state index < -0.39 is 0 Å². The monoisotopic (exact) mass is 259 g/mol. The van der Waals surface area contributed by atoms with Crippen LogP contribution in [0, 0.1) is 0 Å². The lowest BCUT2D eigenvalue weighted by molar-refractivity contribution is -0.130. The summed E-state index contributed by atoms with van der Waals surface area (Å²) in [5.74, 6) is 0.163. The molecule has 0 unspecified atom stereocenters. The number of thiocarbonyl (C=S) groups is 1. The van der Waals surface area contributed by atoms with E-state index in [0.29, 0.717) is 24.4 Å². The second kappa shape index (κ2) is 9.36. The Morgan fingerprint density at radius 2 is 1.82 bits per heavy atom. The van der Waals surface area contributed by atoms with Gasteiger partial charge in [-0.2, -0.15) is 0 Å². The van der Waals surface area contributed by atoms with Gasteiger partial charge in [0.1, 0.15) is 0 Å². The van der Waals surface area contributed by atoms with Gasteiger partial charge in [0.2, 0.25) is 5.91 Å². The summed E-state index contributed by atoms with van der Waals surface area (Å²) in [5.41, 5.74) is 5.41. The molecule has 100 valence electrons. The van der Waals surface area contributed by atoms with Gasteiger partial charge in [-0.3, -0.25) is 4.79 Å². The largest absolute Gasteiger partial charge is 0.393 e. The van der Waals surface area contributed by atoms with Gasteiger partial charge in [0.15, 0.2) is 0 Å². The van der Waals surface area contributed by atoms with Crippen molar-refractivity contribution in [1.82, 2.24) is 9.80 Å². The van der Waals surface area contributed by atoms with Crippen molar-refractivity contribution < 1.29 is 4.79 Å². The van der Waals surface area contributed by atoms with Crippen LogP contribution in [-0.2, 0) is 4.79 Å². The summed E-state index contributed by atoms with van der Waals surface area (Å²) in [5, 5.41) is 0. The number of carbonyl (C=O) groups is 1. The average molecular weight is 259 g/mol. The molecule has 0 aromatic heterocycles. The minimum Gasteiger partial charge on any atom is -0.393 e. The molecule has 0 atom stereocenters. The highest BCUT2D eigenvalue weighted by atomic mass is 32.1. The van der Waals surface area contributed by atoms with Crippen molar-refractivity contribution in [2.45, 2.75) is 33.1 Å². The lowest BCUT2D eigenvalue weighted by Gasteiger charge is -2.21. The first-order valence-corrected chi connectivity index (χ1v) is 6.66. The molecule has 0 aromatic carbocycles. The molecule has 0 spiro atoms. The summed E-state index contributed by atoms with van der Waals surface area (Å²) in [6.45, 7) is 7.78. The Hall–Kier alpha value is -0.680. The van der Waals surface area contributed by atoms with Crippen molar-refractivity contribution in [1.29, 1.82) is 0 Å². The van der Waals surface area contributed by atoms with Crippen LogP contribution in [0.2, 0.25) is 0 Å². The van der Waals surface area contributed by atoms with Gasteiger partial charge in [-0.1, -0.05) is 26.1 Å². The summed E-state index contributed by atoms with van der Waals surface area (Å²) in [6.07, 6.45) is 2.30. The highest BCUT2D eigenvalue weighted by Crippen LogP contribution is 1.98. The molecule has 2 N–H and O–H groups in total. The molecule has 0 saturated carbocycles. The quantitative estimate of drug-likeness (QED) is 0.633. The van der Waals surface area contributed by atoms with Crippen molar-refractivity contribution in [2.75, 3.05) is 33.2 Å². The molecule has 5 heteroatoms. The predicted molar refractivity (Wildman–Crippen MR) is 76.1 cm³/mol. The maximum absolute atomic E-state index is 11.8. The van der Waals surface area contributed by atoms with Crippen LogP contribution in [-0.4, -0.2) is 53.9 Å². The summed E-state index contributed by atoms with van der Waals surface area (Å²) in [7, 11) is 1.80. The molecule has 0 fully saturated rings. The average Bonchev–Trinajstić information content (AvgIpc) is 2.30.